The number of aryl methyl sites for hydroxylation is 1. The van der Waals surface area contributed by atoms with Crippen molar-refractivity contribution in [2.45, 2.75) is 31.1 Å². The molecule has 2 aromatic carbocycles. The number of nitrogens with one attached hydrogen (secondary N) is 1. The molecule has 2 rings (SSSR count). The highest BCUT2D eigenvalue weighted by Crippen LogP contribution is 2.20. The third-order valence-electron chi connectivity index (χ3n) is 3.34. The number of nitrogens with zero attached hydrogens (tertiary/aromatic N) is 1. The predicted octanol–water partition coefficient (Wildman–Crippen LogP) is 3.70. The van der Waals surface area contributed by atoms with Crippen LogP contribution in [0, 0.1) is 11.3 Å². The van der Waals surface area contributed by atoms with E-state index >= 15 is 0 Å². The Morgan fingerprint density at radius 3 is 2.41 bits per heavy atom. The molecule has 0 radical (unpaired) electrons. The zero-order chi connectivity index (χ0) is 16.0. The third kappa shape index (κ3) is 3.86. The maximum atomic E-state index is 12.4. The Morgan fingerprint density at radius 2 is 1.77 bits per heavy atom. The van der Waals surface area contributed by atoms with Crippen LogP contribution in [-0.4, -0.2) is 8.42 Å². The second kappa shape index (κ2) is 7.10. The van der Waals surface area contributed by atoms with Crippen LogP contribution in [0.25, 0.3) is 0 Å². The summed E-state index contributed by atoms with van der Waals surface area (Å²) in [6, 6.07) is 15.4. The minimum atomic E-state index is -3.68. The van der Waals surface area contributed by atoms with Crippen LogP contribution in [0.4, 0.5) is 5.69 Å². The highest BCUT2D eigenvalue weighted by Gasteiger charge is 2.15. The Balaban J connectivity index is 2.22. The number of anilines is 1. The zero-order valence-electron chi connectivity index (χ0n) is 12.4. The van der Waals surface area contributed by atoms with Crippen molar-refractivity contribution in [1.82, 2.24) is 0 Å². The number of hydrogen-bond acceptors (Lipinski definition) is 3. The molecule has 2 aromatic rings. The fourth-order valence-electron chi connectivity index (χ4n) is 2.09. The molecule has 0 aromatic heterocycles. The quantitative estimate of drug-likeness (QED) is 0.883. The molecule has 0 spiro atoms. The van der Waals surface area contributed by atoms with E-state index in [1.807, 2.05) is 18.2 Å². The molecule has 0 atom stereocenters. The molecular weight excluding hydrogens is 296 g/mol. The van der Waals surface area contributed by atoms with Crippen molar-refractivity contribution < 1.29 is 8.42 Å². The van der Waals surface area contributed by atoms with Crippen LogP contribution >= 0.6 is 0 Å². The standard InChI is InChI=1S/C17H18N2O2S/c1-2-3-6-14-9-11-16(12-10-14)22(20,21)19-17-8-5-4-7-15(17)13-18/h4-5,7-12,19H,2-3,6H2,1H3. The van der Waals surface area contributed by atoms with Gasteiger partial charge in [-0.2, -0.15) is 5.26 Å². The molecule has 1 N–H and O–H groups in total. The van der Waals surface area contributed by atoms with Gasteiger partial charge in [-0.3, -0.25) is 4.72 Å². The molecule has 0 saturated heterocycles. The van der Waals surface area contributed by atoms with Crippen LogP contribution in [-0.2, 0) is 16.4 Å². The molecule has 0 aliphatic heterocycles. The number of benzene rings is 2. The van der Waals surface area contributed by atoms with E-state index in [4.69, 9.17) is 5.26 Å². The Hall–Kier alpha value is -2.32. The van der Waals surface area contributed by atoms with Gasteiger partial charge in [0.15, 0.2) is 0 Å². The summed E-state index contributed by atoms with van der Waals surface area (Å²) in [4.78, 5) is 0.195. The van der Waals surface area contributed by atoms with Crippen molar-refractivity contribution in [3.63, 3.8) is 0 Å². The van der Waals surface area contributed by atoms with E-state index in [-0.39, 0.29) is 4.90 Å². The van der Waals surface area contributed by atoms with Gasteiger partial charge in [0.25, 0.3) is 10.0 Å². The maximum absolute atomic E-state index is 12.4. The van der Waals surface area contributed by atoms with Crippen LogP contribution in [0.5, 0.6) is 0 Å². The summed E-state index contributed by atoms with van der Waals surface area (Å²) in [6.45, 7) is 2.12. The summed E-state index contributed by atoms with van der Waals surface area (Å²) in [5, 5.41) is 9.02. The first-order valence-corrected chi connectivity index (χ1v) is 8.66. The van der Waals surface area contributed by atoms with Gasteiger partial charge in [0.2, 0.25) is 0 Å². The van der Waals surface area contributed by atoms with Crippen molar-refractivity contribution in [2.75, 3.05) is 4.72 Å². The fourth-order valence-corrected chi connectivity index (χ4v) is 3.17. The van der Waals surface area contributed by atoms with Gasteiger partial charge < -0.3 is 0 Å². The second-order valence-corrected chi connectivity index (χ2v) is 6.69. The number of sulfonamides is 1. The summed E-state index contributed by atoms with van der Waals surface area (Å²) in [6.07, 6.45) is 3.13. The lowest BCUT2D eigenvalue weighted by Crippen LogP contribution is -2.13. The molecule has 0 aliphatic rings. The zero-order valence-corrected chi connectivity index (χ0v) is 13.2. The Morgan fingerprint density at radius 1 is 1.09 bits per heavy atom. The number of para-hydroxylation sites is 1. The van der Waals surface area contributed by atoms with Crippen LogP contribution < -0.4 is 4.72 Å². The van der Waals surface area contributed by atoms with Crippen molar-refractivity contribution in [1.29, 1.82) is 5.26 Å². The smallest absolute Gasteiger partial charge is 0.261 e. The van der Waals surface area contributed by atoms with Crippen LogP contribution in [0.2, 0.25) is 0 Å². The van der Waals surface area contributed by atoms with E-state index in [1.165, 1.54) is 0 Å². The largest absolute Gasteiger partial charge is 0.278 e. The topological polar surface area (TPSA) is 70.0 Å². The molecular formula is C17H18N2O2S. The predicted molar refractivity (Wildman–Crippen MR) is 87.0 cm³/mol. The van der Waals surface area contributed by atoms with Crippen LogP contribution in [0.1, 0.15) is 30.9 Å². The number of hydrogen-bond donors (Lipinski definition) is 1. The Labute approximate surface area is 131 Å². The van der Waals surface area contributed by atoms with Gasteiger partial charge >= 0.3 is 0 Å². The van der Waals surface area contributed by atoms with Crippen molar-refractivity contribution >= 4 is 15.7 Å². The normalized spacial score (nSPS) is 10.9. The molecule has 0 aliphatic carbocycles. The van der Waals surface area contributed by atoms with Gasteiger partial charge in [0.1, 0.15) is 6.07 Å². The molecule has 0 bridgehead atoms. The highest BCUT2D eigenvalue weighted by atomic mass is 32.2. The molecule has 22 heavy (non-hydrogen) atoms. The molecule has 0 saturated carbocycles. The number of nitriles is 1. The lowest BCUT2D eigenvalue weighted by atomic mass is 10.1. The van der Waals surface area contributed by atoms with E-state index in [9.17, 15) is 8.42 Å². The Bertz CT molecular complexity index is 775. The molecule has 4 nitrogen and oxygen atoms in total. The highest BCUT2D eigenvalue weighted by molar-refractivity contribution is 7.92. The van der Waals surface area contributed by atoms with Gasteiger partial charge in [-0.25, -0.2) is 8.42 Å². The minimum Gasteiger partial charge on any atom is -0.278 e. The summed E-state index contributed by atoms with van der Waals surface area (Å²) in [7, 11) is -3.68. The van der Waals surface area contributed by atoms with E-state index < -0.39 is 10.0 Å². The van der Waals surface area contributed by atoms with E-state index in [1.54, 1.807) is 36.4 Å². The van der Waals surface area contributed by atoms with Crippen LogP contribution in [0.15, 0.2) is 53.4 Å². The first kappa shape index (κ1) is 16.1. The van der Waals surface area contributed by atoms with Gasteiger partial charge in [-0.1, -0.05) is 37.6 Å². The molecule has 0 amide bonds. The summed E-state index contributed by atoms with van der Waals surface area (Å²) < 4.78 is 27.2. The lowest BCUT2D eigenvalue weighted by molar-refractivity contribution is 0.601. The van der Waals surface area contributed by atoms with Gasteiger partial charge in [-0.15, -0.1) is 0 Å². The summed E-state index contributed by atoms with van der Waals surface area (Å²) in [5.74, 6) is 0. The van der Waals surface area contributed by atoms with Gasteiger partial charge in [0, 0.05) is 0 Å². The van der Waals surface area contributed by atoms with Crippen molar-refractivity contribution in [2.24, 2.45) is 0 Å². The monoisotopic (exact) mass is 314 g/mol. The number of unbranched alkanes of at least 4 members (excludes halogenated alkanes) is 1. The lowest BCUT2D eigenvalue weighted by Gasteiger charge is -2.10. The first-order valence-electron chi connectivity index (χ1n) is 7.17. The minimum absolute atomic E-state index is 0.195. The second-order valence-electron chi connectivity index (χ2n) is 5.01. The summed E-state index contributed by atoms with van der Waals surface area (Å²) >= 11 is 0. The fraction of sp³-hybridized carbons (Fsp3) is 0.235. The Kier molecular flexibility index (Phi) is 5.18. The van der Waals surface area contributed by atoms with E-state index in [0.29, 0.717) is 11.3 Å². The SMILES string of the molecule is CCCCc1ccc(S(=O)(=O)Nc2ccccc2C#N)cc1. The van der Waals surface area contributed by atoms with Crippen LogP contribution in [0.3, 0.4) is 0 Å². The van der Waals surface area contributed by atoms with E-state index in [0.717, 1.165) is 24.8 Å². The van der Waals surface area contributed by atoms with Crippen molar-refractivity contribution in [3.8, 4) is 6.07 Å². The molecule has 0 unspecified atom stereocenters. The average Bonchev–Trinajstić information content (AvgIpc) is 2.53. The van der Waals surface area contributed by atoms with Crippen molar-refractivity contribution in [3.05, 3.63) is 59.7 Å². The number of rotatable bonds is 6. The average molecular weight is 314 g/mol. The molecule has 0 fully saturated rings. The summed E-state index contributed by atoms with van der Waals surface area (Å²) in [5.41, 5.74) is 1.71. The molecule has 114 valence electrons. The maximum Gasteiger partial charge on any atom is 0.261 e. The van der Waals surface area contributed by atoms with Gasteiger partial charge in [-0.05, 0) is 42.7 Å². The third-order valence-corrected chi connectivity index (χ3v) is 4.73. The molecule has 0 heterocycles. The van der Waals surface area contributed by atoms with E-state index in [2.05, 4.69) is 11.6 Å². The first-order chi connectivity index (χ1) is 10.6. The molecule has 5 heteroatoms. The van der Waals surface area contributed by atoms with Gasteiger partial charge in [0.05, 0.1) is 16.1 Å².